The molecular weight excluding hydrogens is 312 g/mol. The van der Waals surface area contributed by atoms with Crippen molar-refractivity contribution in [3.8, 4) is 0 Å². The van der Waals surface area contributed by atoms with E-state index in [1.165, 1.54) is 0 Å². The number of unbranched alkanes of at least 4 members (excludes halogenated alkanes) is 1. The normalized spacial score (nSPS) is 15.1. The molecular formula is C17H24N2O5. The number of aliphatic hydroxyl groups is 1. The number of anilines is 1. The van der Waals surface area contributed by atoms with E-state index < -0.39 is 6.09 Å². The van der Waals surface area contributed by atoms with Crippen LogP contribution in [0.3, 0.4) is 0 Å². The summed E-state index contributed by atoms with van der Waals surface area (Å²) >= 11 is 0. The molecule has 1 fully saturated rings. The van der Waals surface area contributed by atoms with Crippen LogP contribution in [0.2, 0.25) is 0 Å². The second-order valence-corrected chi connectivity index (χ2v) is 5.56. The number of nitrogens with one attached hydrogen (secondary N) is 1. The van der Waals surface area contributed by atoms with Crippen molar-refractivity contribution in [3.05, 3.63) is 29.8 Å². The van der Waals surface area contributed by atoms with Gasteiger partial charge in [-0.2, -0.15) is 0 Å². The lowest BCUT2D eigenvalue weighted by molar-refractivity contribution is 0.138. The summed E-state index contributed by atoms with van der Waals surface area (Å²) in [6.07, 6.45) is 1.31. The molecule has 1 aliphatic rings. The lowest BCUT2D eigenvalue weighted by Gasteiger charge is -2.19. The van der Waals surface area contributed by atoms with Crippen LogP contribution < -0.4 is 10.2 Å². The van der Waals surface area contributed by atoms with Crippen LogP contribution in [0.5, 0.6) is 0 Å². The molecule has 1 heterocycles. The summed E-state index contributed by atoms with van der Waals surface area (Å²) in [4.78, 5) is 24.9. The molecule has 2 N–H and O–H groups in total. The van der Waals surface area contributed by atoms with Crippen LogP contribution in [-0.2, 0) is 9.47 Å². The molecule has 1 aromatic carbocycles. The Morgan fingerprint density at radius 2 is 2.17 bits per heavy atom. The second-order valence-electron chi connectivity index (χ2n) is 5.56. The van der Waals surface area contributed by atoms with Crippen molar-refractivity contribution in [1.82, 2.24) is 5.32 Å². The van der Waals surface area contributed by atoms with E-state index in [2.05, 4.69) is 5.32 Å². The van der Waals surface area contributed by atoms with Crippen molar-refractivity contribution in [2.75, 3.05) is 31.3 Å². The van der Waals surface area contributed by atoms with E-state index in [0.29, 0.717) is 26.2 Å². The van der Waals surface area contributed by atoms with Crippen LogP contribution in [0, 0.1) is 0 Å². The van der Waals surface area contributed by atoms with Gasteiger partial charge in [0, 0.05) is 12.3 Å². The van der Waals surface area contributed by atoms with Crippen molar-refractivity contribution < 1.29 is 24.2 Å². The van der Waals surface area contributed by atoms with Crippen LogP contribution >= 0.6 is 0 Å². The van der Waals surface area contributed by atoms with Gasteiger partial charge in [-0.1, -0.05) is 25.5 Å². The van der Waals surface area contributed by atoms with Gasteiger partial charge < -0.3 is 19.9 Å². The maximum atomic E-state index is 11.8. The van der Waals surface area contributed by atoms with E-state index in [1.54, 1.807) is 17.0 Å². The largest absolute Gasteiger partial charge is 0.450 e. The Morgan fingerprint density at radius 3 is 2.75 bits per heavy atom. The molecule has 0 aliphatic carbocycles. The molecule has 2 amide bonds. The highest BCUT2D eigenvalue weighted by molar-refractivity contribution is 5.89. The number of carbonyl (C=O) groups is 2. The Morgan fingerprint density at radius 1 is 1.42 bits per heavy atom. The van der Waals surface area contributed by atoms with Gasteiger partial charge in [-0.05, 0) is 30.5 Å². The fourth-order valence-corrected chi connectivity index (χ4v) is 2.46. The van der Waals surface area contributed by atoms with Crippen LogP contribution in [0.4, 0.5) is 15.3 Å². The number of hydrogen-bond donors (Lipinski definition) is 2. The first kappa shape index (κ1) is 18.1. The topological polar surface area (TPSA) is 88.1 Å². The van der Waals surface area contributed by atoms with Gasteiger partial charge in [-0.3, -0.25) is 4.90 Å². The maximum Gasteiger partial charge on any atom is 0.414 e. The molecule has 0 unspecified atom stereocenters. The quantitative estimate of drug-likeness (QED) is 0.712. The van der Waals surface area contributed by atoms with Crippen LogP contribution in [-0.4, -0.2) is 43.7 Å². The van der Waals surface area contributed by atoms with Gasteiger partial charge in [-0.25, -0.2) is 9.59 Å². The smallest absolute Gasteiger partial charge is 0.414 e. The van der Waals surface area contributed by atoms with E-state index in [1.807, 2.05) is 19.1 Å². The molecule has 0 radical (unpaired) electrons. The molecule has 0 spiro atoms. The summed E-state index contributed by atoms with van der Waals surface area (Å²) < 4.78 is 10.0. The van der Waals surface area contributed by atoms with Gasteiger partial charge in [0.2, 0.25) is 0 Å². The number of nitrogens with zero attached hydrogens (tertiary/aromatic N) is 1. The van der Waals surface area contributed by atoms with Crippen molar-refractivity contribution in [1.29, 1.82) is 0 Å². The maximum absolute atomic E-state index is 11.8. The van der Waals surface area contributed by atoms with E-state index >= 15 is 0 Å². The van der Waals surface area contributed by atoms with Crippen LogP contribution in [0.1, 0.15) is 37.8 Å². The highest BCUT2D eigenvalue weighted by Crippen LogP contribution is 2.23. The number of alkyl carbamates (subject to hydrolysis) is 1. The Hall–Kier alpha value is -2.28. The van der Waals surface area contributed by atoms with Crippen LogP contribution in [0.15, 0.2) is 24.3 Å². The van der Waals surface area contributed by atoms with E-state index in [9.17, 15) is 14.7 Å². The summed E-state index contributed by atoms with van der Waals surface area (Å²) in [5, 5.41) is 12.0. The average molecular weight is 336 g/mol. The molecule has 0 bridgehead atoms. The van der Waals surface area contributed by atoms with Gasteiger partial charge >= 0.3 is 12.2 Å². The number of cyclic esters (lactones) is 1. The molecule has 24 heavy (non-hydrogen) atoms. The molecule has 1 aromatic rings. The first-order chi connectivity index (χ1) is 11.7. The third kappa shape index (κ3) is 4.86. The highest BCUT2D eigenvalue weighted by Gasteiger charge is 2.24. The predicted molar refractivity (Wildman–Crippen MR) is 89.0 cm³/mol. The van der Waals surface area contributed by atoms with Crippen molar-refractivity contribution in [3.63, 3.8) is 0 Å². The number of benzene rings is 1. The first-order valence-corrected chi connectivity index (χ1v) is 8.24. The third-order valence-corrected chi connectivity index (χ3v) is 3.81. The zero-order chi connectivity index (χ0) is 17.4. The van der Waals surface area contributed by atoms with E-state index in [-0.39, 0.29) is 18.7 Å². The van der Waals surface area contributed by atoms with Crippen molar-refractivity contribution in [2.24, 2.45) is 0 Å². The summed E-state index contributed by atoms with van der Waals surface area (Å²) in [7, 11) is 0. The number of ether oxygens (including phenoxy) is 2. The second kappa shape index (κ2) is 9.12. The molecule has 1 saturated heterocycles. The summed E-state index contributed by atoms with van der Waals surface area (Å²) in [6, 6.07) is 6.91. The van der Waals surface area contributed by atoms with Gasteiger partial charge in [0.15, 0.2) is 0 Å². The van der Waals surface area contributed by atoms with Gasteiger partial charge in [0.1, 0.15) is 6.61 Å². The SMILES string of the molecule is CCCCOC(=O)N[C@H](CCO)c1ccc(N2CCOC2=O)cc1. The highest BCUT2D eigenvalue weighted by atomic mass is 16.6. The molecule has 0 aromatic heterocycles. The lowest BCUT2D eigenvalue weighted by Crippen LogP contribution is -2.30. The molecule has 7 nitrogen and oxygen atoms in total. The van der Waals surface area contributed by atoms with Gasteiger partial charge in [0.25, 0.3) is 0 Å². The predicted octanol–water partition coefficient (Wildman–Crippen LogP) is 2.59. The third-order valence-electron chi connectivity index (χ3n) is 3.81. The first-order valence-electron chi connectivity index (χ1n) is 8.24. The summed E-state index contributed by atoms with van der Waals surface area (Å²) in [5.74, 6) is 0. The minimum Gasteiger partial charge on any atom is -0.450 e. The molecule has 2 rings (SSSR count). The molecule has 7 heteroatoms. The van der Waals surface area contributed by atoms with Crippen LogP contribution in [0.25, 0.3) is 0 Å². The van der Waals surface area contributed by atoms with E-state index in [4.69, 9.17) is 9.47 Å². The minimum absolute atomic E-state index is 0.0554. The molecule has 1 atom stereocenters. The van der Waals surface area contributed by atoms with E-state index in [0.717, 1.165) is 24.1 Å². The number of amides is 2. The molecule has 1 aliphatic heterocycles. The fourth-order valence-electron chi connectivity index (χ4n) is 2.46. The van der Waals surface area contributed by atoms with Gasteiger partial charge in [0.05, 0.1) is 19.2 Å². The number of hydrogen-bond acceptors (Lipinski definition) is 5. The Bertz CT molecular complexity index is 546. The fraction of sp³-hybridized carbons (Fsp3) is 0.529. The Labute approximate surface area is 141 Å². The summed E-state index contributed by atoms with van der Waals surface area (Å²) in [5.41, 5.74) is 1.59. The zero-order valence-electron chi connectivity index (χ0n) is 13.9. The van der Waals surface area contributed by atoms with Crippen molar-refractivity contribution >= 4 is 17.9 Å². The van der Waals surface area contributed by atoms with Crippen molar-refractivity contribution in [2.45, 2.75) is 32.2 Å². The monoisotopic (exact) mass is 336 g/mol. The molecule has 132 valence electrons. The molecule has 0 saturated carbocycles. The number of carbonyl (C=O) groups excluding carboxylic acids is 2. The summed E-state index contributed by atoms with van der Waals surface area (Å²) in [6.45, 7) is 3.26. The number of rotatable bonds is 8. The lowest BCUT2D eigenvalue weighted by atomic mass is 10.0. The Balaban J connectivity index is 1.99. The average Bonchev–Trinajstić information content (AvgIpc) is 3.01. The zero-order valence-corrected chi connectivity index (χ0v) is 13.9. The Kier molecular flexibility index (Phi) is 6.87. The van der Waals surface area contributed by atoms with Gasteiger partial charge in [-0.15, -0.1) is 0 Å². The number of aliphatic hydroxyl groups excluding tert-OH is 1. The standard InChI is InChI=1S/C17H24N2O5/c1-2-3-11-23-16(21)18-15(8-10-20)13-4-6-14(7-5-13)19-9-12-24-17(19)22/h4-7,15,20H,2-3,8-12H2,1H3,(H,18,21)/t15-/m1/s1. The minimum atomic E-state index is -0.492.